The van der Waals surface area contributed by atoms with Crippen LogP contribution in [0, 0.1) is 5.41 Å². The summed E-state index contributed by atoms with van der Waals surface area (Å²) in [7, 11) is 0. The summed E-state index contributed by atoms with van der Waals surface area (Å²) in [5.41, 5.74) is -0.219. The van der Waals surface area contributed by atoms with Crippen LogP contribution in [0.25, 0.3) is 0 Å². The lowest BCUT2D eigenvalue weighted by atomic mass is 9.77. The van der Waals surface area contributed by atoms with E-state index < -0.39 is 0 Å². The molecule has 1 aliphatic heterocycles. The van der Waals surface area contributed by atoms with E-state index in [0.29, 0.717) is 0 Å². The largest absolute Gasteiger partial charge is 0.391 e. The smallest absolute Gasteiger partial charge is 0.229 e. The van der Waals surface area contributed by atoms with Gasteiger partial charge in [-0.1, -0.05) is 27.7 Å². The van der Waals surface area contributed by atoms with Gasteiger partial charge in [-0.25, -0.2) is 0 Å². The minimum absolute atomic E-state index is 0.0373. The van der Waals surface area contributed by atoms with Crippen LogP contribution < -0.4 is 0 Å². The molecule has 2 unspecified atom stereocenters. The molecular weight excluding hydrogens is 238 g/mol. The van der Waals surface area contributed by atoms with Gasteiger partial charge in [-0.15, -0.1) is 0 Å². The zero-order valence-corrected chi connectivity index (χ0v) is 13.1. The molecule has 0 spiro atoms. The summed E-state index contributed by atoms with van der Waals surface area (Å²) < 4.78 is 0. The minimum atomic E-state index is -0.368. The average molecular weight is 269 g/mol. The van der Waals surface area contributed by atoms with Crippen LogP contribution in [0.4, 0.5) is 0 Å². The number of piperidine rings is 1. The molecule has 19 heavy (non-hydrogen) atoms. The molecule has 3 heteroatoms. The number of carbonyl (C=O) groups excluding carboxylic acids is 1. The van der Waals surface area contributed by atoms with Crippen molar-refractivity contribution in [3.8, 4) is 0 Å². The maximum Gasteiger partial charge on any atom is 0.229 e. The summed E-state index contributed by atoms with van der Waals surface area (Å²) in [4.78, 5) is 15.0. The maximum absolute atomic E-state index is 13.0. The first kappa shape index (κ1) is 16.5. The predicted molar refractivity (Wildman–Crippen MR) is 79.0 cm³/mol. The van der Waals surface area contributed by atoms with Crippen molar-refractivity contribution in [3.05, 3.63) is 0 Å². The molecule has 0 aromatic rings. The van der Waals surface area contributed by atoms with E-state index >= 15 is 0 Å². The zero-order valence-electron chi connectivity index (χ0n) is 13.1. The van der Waals surface area contributed by atoms with E-state index in [0.717, 1.165) is 51.5 Å². The van der Waals surface area contributed by atoms with Crippen molar-refractivity contribution >= 4 is 5.91 Å². The van der Waals surface area contributed by atoms with Gasteiger partial charge in [-0.2, -0.15) is 0 Å². The number of hydrogen-bond donors (Lipinski definition) is 1. The minimum Gasteiger partial charge on any atom is -0.391 e. The Morgan fingerprint density at radius 1 is 1.21 bits per heavy atom. The molecule has 0 aliphatic carbocycles. The van der Waals surface area contributed by atoms with E-state index in [1.54, 1.807) is 0 Å². The van der Waals surface area contributed by atoms with Gasteiger partial charge in [0.15, 0.2) is 0 Å². The molecular formula is C16H31NO2. The zero-order chi connectivity index (χ0) is 14.5. The third kappa shape index (κ3) is 3.31. The standard InChI is InChI=1S/C16H31NO2/c1-5-14(18)13-11-9-10-12-17(13)15(19)16(6-2,7-3)8-4/h13-14,18H,5-12H2,1-4H3. The van der Waals surface area contributed by atoms with Crippen LogP contribution in [0.2, 0.25) is 0 Å². The molecule has 2 atom stereocenters. The molecule has 1 rings (SSSR count). The lowest BCUT2D eigenvalue weighted by Crippen LogP contribution is -2.54. The average Bonchev–Trinajstić information content (AvgIpc) is 2.48. The highest BCUT2D eigenvalue weighted by molar-refractivity contribution is 5.83. The van der Waals surface area contributed by atoms with Crippen molar-refractivity contribution in [2.24, 2.45) is 5.41 Å². The summed E-state index contributed by atoms with van der Waals surface area (Å²) in [5.74, 6) is 0.275. The Kier molecular flexibility index (Phi) is 6.31. The Morgan fingerprint density at radius 3 is 2.26 bits per heavy atom. The van der Waals surface area contributed by atoms with Gasteiger partial charge in [0, 0.05) is 12.0 Å². The number of carbonyl (C=O) groups is 1. The second-order valence-electron chi connectivity index (χ2n) is 5.88. The molecule has 1 aliphatic rings. The van der Waals surface area contributed by atoms with Crippen molar-refractivity contribution in [2.45, 2.75) is 84.8 Å². The highest BCUT2D eigenvalue weighted by Gasteiger charge is 2.41. The molecule has 0 aromatic heterocycles. The van der Waals surface area contributed by atoms with Crippen molar-refractivity contribution in [1.82, 2.24) is 4.90 Å². The van der Waals surface area contributed by atoms with Gasteiger partial charge in [0.05, 0.1) is 12.1 Å². The molecule has 112 valence electrons. The number of aliphatic hydroxyl groups excluding tert-OH is 1. The molecule has 0 aromatic carbocycles. The number of rotatable bonds is 6. The third-order valence-electron chi connectivity index (χ3n) is 5.16. The topological polar surface area (TPSA) is 40.5 Å². The fraction of sp³-hybridized carbons (Fsp3) is 0.938. The van der Waals surface area contributed by atoms with E-state index in [2.05, 4.69) is 20.8 Å². The van der Waals surface area contributed by atoms with E-state index in [1.807, 2.05) is 11.8 Å². The van der Waals surface area contributed by atoms with Crippen LogP contribution in [0.3, 0.4) is 0 Å². The number of hydrogen-bond acceptors (Lipinski definition) is 2. The Bertz CT molecular complexity index is 278. The summed E-state index contributed by atoms with van der Waals surface area (Å²) in [6.07, 6.45) is 6.19. The predicted octanol–water partition coefficient (Wildman–Crippen LogP) is 3.35. The molecule has 1 heterocycles. The van der Waals surface area contributed by atoms with Crippen LogP contribution in [-0.2, 0) is 4.79 Å². The first-order chi connectivity index (χ1) is 9.06. The quantitative estimate of drug-likeness (QED) is 0.803. The lowest BCUT2D eigenvalue weighted by Gasteiger charge is -2.43. The Labute approximate surface area is 118 Å². The van der Waals surface area contributed by atoms with Crippen LogP contribution in [0.5, 0.6) is 0 Å². The second kappa shape index (κ2) is 7.28. The van der Waals surface area contributed by atoms with E-state index in [9.17, 15) is 9.90 Å². The molecule has 1 saturated heterocycles. The highest BCUT2D eigenvalue weighted by atomic mass is 16.3. The van der Waals surface area contributed by atoms with Crippen LogP contribution in [-0.4, -0.2) is 34.6 Å². The third-order valence-corrected chi connectivity index (χ3v) is 5.16. The second-order valence-corrected chi connectivity index (χ2v) is 5.88. The van der Waals surface area contributed by atoms with Gasteiger partial charge in [0.25, 0.3) is 0 Å². The monoisotopic (exact) mass is 269 g/mol. The van der Waals surface area contributed by atoms with E-state index in [4.69, 9.17) is 0 Å². The first-order valence-electron chi connectivity index (χ1n) is 8.05. The lowest BCUT2D eigenvalue weighted by molar-refractivity contribution is -0.150. The van der Waals surface area contributed by atoms with Gasteiger partial charge in [-0.3, -0.25) is 4.79 Å². The number of nitrogens with zero attached hydrogens (tertiary/aromatic N) is 1. The van der Waals surface area contributed by atoms with Gasteiger partial charge in [0.2, 0.25) is 5.91 Å². The summed E-state index contributed by atoms with van der Waals surface area (Å²) >= 11 is 0. The summed E-state index contributed by atoms with van der Waals surface area (Å²) in [5, 5.41) is 10.2. The summed E-state index contributed by atoms with van der Waals surface area (Å²) in [6, 6.07) is 0.0373. The van der Waals surface area contributed by atoms with Gasteiger partial charge < -0.3 is 10.0 Å². The molecule has 1 N–H and O–H groups in total. The molecule has 0 bridgehead atoms. The maximum atomic E-state index is 13.0. The first-order valence-corrected chi connectivity index (χ1v) is 8.05. The highest BCUT2D eigenvalue weighted by Crippen LogP contribution is 2.35. The molecule has 3 nitrogen and oxygen atoms in total. The molecule has 1 fully saturated rings. The molecule has 0 radical (unpaired) electrons. The van der Waals surface area contributed by atoms with Crippen molar-refractivity contribution in [1.29, 1.82) is 0 Å². The van der Waals surface area contributed by atoms with Gasteiger partial charge in [-0.05, 0) is 44.9 Å². The Balaban J connectivity index is 2.93. The fourth-order valence-corrected chi connectivity index (χ4v) is 3.39. The number of likely N-dealkylation sites (tertiary alicyclic amines) is 1. The van der Waals surface area contributed by atoms with Crippen LogP contribution in [0.1, 0.15) is 72.6 Å². The van der Waals surface area contributed by atoms with Crippen LogP contribution >= 0.6 is 0 Å². The molecule has 0 saturated carbocycles. The fourth-order valence-electron chi connectivity index (χ4n) is 3.39. The SMILES string of the molecule is CCC(O)C1CCCCN1C(=O)C(CC)(CC)CC. The molecule has 1 amide bonds. The van der Waals surface area contributed by atoms with Gasteiger partial charge >= 0.3 is 0 Å². The Morgan fingerprint density at radius 2 is 1.79 bits per heavy atom. The van der Waals surface area contributed by atoms with E-state index in [1.165, 1.54) is 0 Å². The number of amides is 1. The van der Waals surface area contributed by atoms with Crippen molar-refractivity contribution in [2.75, 3.05) is 6.54 Å². The Hall–Kier alpha value is -0.570. The van der Waals surface area contributed by atoms with E-state index in [-0.39, 0.29) is 23.5 Å². The van der Waals surface area contributed by atoms with Gasteiger partial charge in [0.1, 0.15) is 0 Å². The van der Waals surface area contributed by atoms with Crippen LogP contribution in [0.15, 0.2) is 0 Å². The van der Waals surface area contributed by atoms with Crippen molar-refractivity contribution < 1.29 is 9.90 Å². The summed E-state index contributed by atoms with van der Waals surface area (Å²) in [6.45, 7) is 9.15. The normalized spacial score (nSPS) is 22.4. The van der Waals surface area contributed by atoms with Crippen molar-refractivity contribution in [3.63, 3.8) is 0 Å². The number of aliphatic hydroxyl groups is 1.